The van der Waals surface area contributed by atoms with Crippen molar-refractivity contribution in [1.29, 1.82) is 0 Å². The van der Waals surface area contributed by atoms with Crippen molar-refractivity contribution in [3.63, 3.8) is 0 Å². The van der Waals surface area contributed by atoms with Gasteiger partial charge in [0.2, 0.25) is 5.91 Å². The van der Waals surface area contributed by atoms with Gasteiger partial charge >= 0.3 is 0 Å². The van der Waals surface area contributed by atoms with Crippen LogP contribution in [0.1, 0.15) is 36.4 Å². The maximum absolute atomic E-state index is 12.7. The van der Waals surface area contributed by atoms with Crippen molar-refractivity contribution in [2.45, 2.75) is 31.7 Å². The van der Waals surface area contributed by atoms with Gasteiger partial charge in [0.25, 0.3) is 5.56 Å². The molecule has 1 aliphatic carbocycles. The number of anilines is 1. The Morgan fingerprint density at radius 3 is 2.73 bits per heavy atom. The number of nitrogens with one attached hydrogen (secondary N) is 1. The monoisotopic (exact) mass is 352 g/mol. The number of hydrogen-bond donors (Lipinski definition) is 1. The van der Waals surface area contributed by atoms with Gasteiger partial charge in [-0.3, -0.25) is 9.59 Å². The molecular weight excluding hydrogens is 328 g/mol. The standard InChI is InChI=1S/C20H24N4O2/c1-23-19(25)12-16(13-21-23)24-10-8-15(9-11-24)20(26)22-18-7-6-14-4-2-3-5-17(14)18/h2-5,12-13,15,18H,6-11H2,1H3,(H,22,26). The van der Waals surface area contributed by atoms with E-state index in [2.05, 4.69) is 33.5 Å². The van der Waals surface area contributed by atoms with Gasteiger partial charge in [0.15, 0.2) is 0 Å². The second kappa shape index (κ2) is 6.94. The van der Waals surface area contributed by atoms with Gasteiger partial charge in [-0.2, -0.15) is 5.10 Å². The number of benzene rings is 1. The summed E-state index contributed by atoms with van der Waals surface area (Å²) in [5, 5.41) is 7.33. The van der Waals surface area contributed by atoms with E-state index in [0.29, 0.717) is 0 Å². The quantitative estimate of drug-likeness (QED) is 0.915. The van der Waals surface area contributed by atoms with E-state index in [1.807, 2.05) is 6.07 Å². The summed E-state index contributed by atoms with van der Waals surface area (Å²) in [6, 6.07) is 10.1. The van der Waals surface area contributed by atoms with Gasteiger partial charge < -0.3 is 10.2 Å². The van der Waals surface area contributed by atoms with Crippen LogP contribution in [0, 0.1) is 5.92 Å². The van der Waals surface area contributed by atoms with Crippen LogP contribution in [0.2, 0.25) is 0 Å². The van der Waals surface area contributed by atoms with E-state index >= 15 is 0 Å². The van der Waals surface area contributed by atoms with Crippen LogP contribution in [0.3, 0.4) is 0 Å². The minimum atomic E-state index is -0.109. The summed E-state index contributed by atoms with van der Waals surface area (Å²) in [6.45, 7) is 1.54. The first-order valence-electron chi connectivity index (χ1n) is 9.28. The largest absolute Gasteiger partial charge is 0.370 e. The van der Waals surface area contributed by atoms with Gasteiger partial charge in [-0.15, -0.1) is 0 Å². The molecule has 1 saturated heterocycles. The van der Waals surface area contributed by atoms with Crippen molar-refractivity contribution in [3.05, 3.63) is 58.0 Å². The molecule has 2 heterocycles. The second-order valence-electron chi connectivity index (χ2n) is 7.24. The average Bonchev–Trinajstić information content (AvgIpc) is 3.07. The van der Waals surface area contributed by atoms with Crippen molar-refractivity contribution in [3.8, 4) is 0 Å². The lowest BCUT2D eigenvalue weighted by Crippen LogP contribution is -2.41. The van der Waals surface area contributed by atoms with Crippen molar-refractivity contribution < 1.29 is 4.79 Å². The summed E-state index contributed by atoms with van der Waals surface area (Å²) in [5.41, 5.74) is 3.36. The molecule has 1 fully saturated rings. The maximum atomic E-state index is 12.7. The van der Waals surface area contributed by atoms with Crippen LogP contribution >= 0.6 is 0 Å². The molecule has 136 valence electrons. The molecule has 6 nitrogen and oxygen atoms in total. The number of fused-ring (bicyclic) bond motifs is 1. The number of aromatic nitrogens is 2. The van der Waals surface area contributed by atoms with E-state index in [1.165, 1.54) is 15.8 Å². The normalized spacial score (nSPS) is 20.0. The Morgan fingerprint density at radius 2 is 1.96 bits per heavy atom. The highest BCUT2D eigenvalue weighted by Gasteiger charge is 2.29. The summed E-state index contributed by atoms with van der Waals surface area (Å²) in [4.78, 5) is 26.6. The van der Waals surface area contributed by atoms with Crippen molar-refractivity contribution in [2.24, 2.45) is 13.0 Å². The molecule has 1 N–H and O–H groups in total. The van der Waals surface area contributed by atoms with Gasteiger partial charge in [0.05, 0.1) is 17.9 Å². The number of amides is 1. The molecule has 1 aromatic heterocycles. The van der Waals surface area contributed by atoms with Gasteiger partial charge in [-0.05, 0) is 36.8 Å². The van der Waals surface area contributed by atoms with Gasteiger partial charge in [0.1, 0.15) is 0 Å². The molecule has 6 heteroatoms. The van der Waals surface area contributed by atoms with Gasteiger partial charge in [0, 0.05) is 32.1 Å². The van der Waals surface area contributed by atoms with Crippen LogP contribution in [0.15, 0.2) is 41.3 Å². The van der Waals surface area contributed by atoms with Crippen LogP contribution in [0.4, 0.5) is 5.69 Å². The predicted molar refractivity (Wildman–Crippen MR) is 100 cm³/mol. The van der Waals surface area contributed by atoms with E-state index in [9.17, 15) is 9.59 Å². The van der Waals surface area contributed by atoms with Crippen LogP contribution in [0.25, 0.3) is 0 Å². The van der Waals surface area contributed by atoms with Crippen molar-refractivity contribution in [1.82, 2.24) is 15.1 Å². The highest BCUT2D eigenvalue weighted by atomic mass is 16.2. The number of hydrogen-bond acceptors (Lipinski definition) is 4. The van der Waals surface area contributed by atoms with E-state index in [1.54, 1.807) is 19.3 Å². The summed E-state index contributed by atoms with van der Waals surface area (Å²) < 4.78 is 1.32. The number of nitrogens with zero attached hydrogens (tertiary/aromatic N) is 3. The fraction of sp³-hybridized carbons (Fsp3) is 0.450. The second-order valence-corrected chi connectivity index (χ2v) is 7.24. The minimum absolute atomic E-state index is 0.0403. The van der Waals surface area contributed by atoms with Crippen molar-refractivity contribution >= 4 is 11.6 Å². The molecule has 1 atom stereocenters. The smallest absolute Gasteiger partial charge is 0.268 e. The molecule has 0 bridgehead atoms. The van der Waals surface area contributed by atoms with Crippen LogP contribution in [-0.4, -0.2) is 28.8 Å². The fourth-order valence-corrected chi connectivity index (χ4v) is 4.03. The molecule has 2 aliphatic rings. The molecular formula is C20H24N4O2. The summed E-state index contributed by atoms with van der Waals surface area (Å²) in [5.74, 6) is 0.201. The van der Waals surface area contributed by atoms with E-state index < -0.39 is 0 Å². The topological polar surface area (TPSA) is 67.2 Å². The number of aryl methyl sites for hydroxylation is 2. The zero-order valence-electron chi connectivity index (χ0n) is 15.0. The zero-order valence-corrected chi connectivity index (χ0v) is 15.0. The predicted octanol–water partition coefficient (Wildman–Crippen LogP) is 1.80. The Labute approximate surface area is 152 Å². The number of carbonyl (C=O) groups excluding carboxylic acids is 1. The zero-order chi connectivity index (χ0) is 18.1. The number of carbonyl (C=O) groups is 1. The number of piperidine rings is 1. The Kier molecular flexibility index (Phi) is 4.49. The van der Waals surface area contributed by atoms with Crippen LogP contribution in [-0.2, 0) is 18.3 Å². The molecule has 4 rings (SSSR count). The lowest BCUT2D eigenvalue weighted by molar-refractivity contribution is -0.126. The van der Waals surface area contributed by atoms with Crippen LogP contribution < -0.4 is 15.8 Å². The third-order valence-corrected chi connectivity index (χ3v) is 5.63. The van der Waals surface area contributed by atoms with E-state index in [0.717, 1.165) is 44.5 Å². The van der Waals surface area contributed by atoms with Crippen molar-refractivity contribution in [2.75, 3.05) is 18.0 Å². The summed E-state index contributed by atoms with van der Waals surface area (Å²) in [7, 11) is 1.64. The lowest BCUT2D eigenvalue weighted by Gasteiger charge is -2.33. The van der Waals surface area contributed by atoms with Gasteiger partial charge in [-0.1, -0.05) is 24.3 Å². The first-order chi connectivity index (χ1) is 12.6. The van der Waals surface area contributed by atoms with Gasteiger partial charge in [-0.25, -0.2) is 4.68 Å². The molecule has 1 aliphatic heterocycles. The average molecular weight is 352 g/mol. The number of rotatable bonds is 3. The van der Waals surface area contributed by atoms with E-state index in [4.69, 9.17) is 0 Å². The Hall–Kier alpha value is -2.63. The summed E-state index contributed by atoms with van der Waals surface area (Å²) in [6.07, 6.45) is 5.35. The molecule has 0 spiro atoms. The van der Waals surface area contributed by atoms with E-state index in [-0.39, 0.29) is 23.4 Å². The molecule has 1 amide bonds. The lowest BCUT2D eigenvalue weighted by atomic mass is 9.95. The fourth-order valence-electron chi connectivity index (χ4n) is 4.03. The Bertz CT molecular complexity index is 868. The SMILES string of the molecule is Cn1ncc(N2CCC(C(=O)NC3CCc4ccccc43)CC2)cc1=O. The third kappa shape index (κ3) is 3.23. The molecule has 1 aromatic carbocycles. The summed E-state index contributed by atoms with van der Waals surface area (Å²) >= 11 is 0. The first-order valence-corrected chi connectivity index (χ1v) is 9.28. The minimum Gasteiger partial charge on any atom is -0.370 e. The Balaban J connectivity index is 1.35. The maximum Gasteiger partial charge on any atom is 0.268 e. The molecule has 1 unspecified atom stereocenters. The molecule has 26 heavy (non-hydrogen) atoms. The third-order valence-electron chi connectivity index (χ3n) is 5.63. The highest BCUT2D eigenvalue weighted by Crippen LogP contribution is 2.31. The molecule has 0 radical (unpaired) electrons. The highest BCUT2D eigenvalue weighted by molar-refractivity contribution is 5.79. The first kappa shape index (κ1) is 16.8. The Morgan fingerprint density at radius 1 is 1.19 bits per heavy atom. The van der Waals surface area contributed by atoms with Crippen LogP contribution in [0.5, 0.6) is 0 Å². The molecule has 0 saturated carbocycles. The molecule has 2 aromatic rings.